The van der Waals surface area contributed by atoms with Crippen LogP contribution in [0.5, 0.6) is 11.5 Å². The fourth-order valence-electron chi connectivity index (χ4n) is 3.48. The van der Waals surface area contributed by atoms with E-state index in [9.17, 15) is 18.4 Å². The van der Waals surface area contributed by atoms with Crippen LogP contribution < -0.4 is 9.47 Å². The number of aromatic nitrogens is 1. The predicted molar refractivity (Wildman–Crippen MR) is 117 cm³/mol. The predicted octanol–water partition coefficient (Wildman–Crippen LogP) is 5.56. The van der Waals surface area contributed by atoms with Crippen molar-refractivity contribution in [2.24, 2.45) is 0 Å². The Morgan fingerprint density at radius 1 is 0.909 bits per heavy atom. The fraction of sp³-hybridized carbons (Fsp3) is 0.120. The van der Waals surface area contributed by atoms with E-state index >= 15 is 0 Å². The van der Waals surface area contributed by atoms with Gasteiger partial charge in [0.1, 0.15) is 0 Å². The maximum absolute atomic E-state index is 13.5. The zero-order valence-corrected chi connectivity index (χ0v) is 17.5. The molecule has 0 spiro atoms. The summed E-state index contributed by atoms with van der Waals surface area (Å²) in [5.41, 5.74) is 1.66. The molecular formula is C25H19F2NO5. The number of nitrogens with one attached hydrogen (secondary N) is 1. The fourth-order valence-corrected chi connectivity index (χ4v) is 3.48. The lowest BCUT2D eigenvalue weighted by atomic mass is 9.99. The number of methoxy groups -OCH3 is 1. The van der Waals surface area contributed by atoms with Crippen LogP contribution in [0.4, 0.5) is 8.78 Å². The van der Waals surface area contributed by atoms with Crippen molar-refractivity contribution in [1.29, 1.82) is 0 Å². The van der Waals surface area contributed by atoms with E-state index in [2.05, 4.69) is 9.72 Å². The molecule has 0 bridgehead atoms. The molecule has 0 aliphatic heterocycles. The monoisotopic (exact) mass is 451 g/mol. The molecule has 0 radical (unpaired) electrons. The van der Waals surface area contributed by atoms with Crippen LogP contribution in [0.15, 0.2) is 79.0 Å². The van der Waals surface area contributed by atoms with E-state index < -0.39 is 24.5 Å². The number of fused-ring (bicyclic) bond motifs is 1. The molecule has 1 N–H and O–H groups in total. The number of hydrogen-bond donors (Lipinski definition) is 1. The van der Waals surface area contributed by atoms with Gasteiger partial charge < -0.3 is 19.2 Å². The molecule has 1 unspecified atom stereocenters. The number of esters is 1. The first-order valence-electron chi connectivity index (χ1n) is 9.97. The van der Waals surface area contributed by atoms with Crippen LogP contribution in [0.2, 0.25) is 0 Å². The maximum Gasteiger partial charge on any atom is 0.387 e. The Labute approximate surface area is 187 Å². The summed E-state index contributed by atoms with van der Waals surface area (Å²) in [6.07, 6.45) is 0.358. The Kier molecular flexibility index (Phi) is 6.35. The molecule has 1 atom stereocenters. The highest BCUT2D eigenvalue weighted by atomic mass is 19.3. The summed E-state index contributed by atoms with van der Waals surface area (Å²) in [5.74, 6) is -1.52. The van der Waals surface area contributed by atoms with Crippen LogP contribution in [0.3, 0.4) is 0 Å². The van der Waals surface area contributed by atoms with Crippen LogP contribution in [-0.2, 0) is 4.74 Å². The van der Waals surface area contributed by atoms with Gasteiger partial charge in [-0.05, 0) is 24.3 Å². The van der Waals surface area contributed by atoms with Gasteiger partial charge in [-0.2, -0.15) is 8.78 Å². The molecule has 0 fully saturated rings. The third kappa shape index (κ3) is 4.69. The molecule has 0 aliphatic carbocycles. The second kappa shape index (κ2) is 9.52. The SMILES string of the molecule is COc1cc(C(=O)OC(C(=O)c2c[nH]c3ccccc23)c2ccccc2)ccc1OC(F)F. The number of rotatable bonds is 8. The van der Waals surface area contributed by atoms with Crippen LogP contribution in [0.1, 0.15) is 32.4 Å². The Balaban J connectivity index is 1.66. The smallest absolute Gasteiger partial charge is 0.387 e. The van der Waals surface area contributed by atoms with Gasteiger partial charge >= 0.3 is 12.6 Å². The van der Waals surface area contributed by atoms with Gasteiger partial charge in [-0.3, -0.25) is 4.79 Å². The number of Topliss-reactive ketones (excluding diaryl/α,β-unsaturated/α-hetero) is 1. The second-order valence-electron chi connectivity index (χ2n) is 7.05. The number of para-hydroxylation sites is 1. The molecule has 1 heterocycles. The number of halogens is 2. The van der Waals surface area contributed by atoms with E-state index in [1.807, 2.05) is 18.2 Å². The van der Waals surface area contributed by atoms with E-state index in [1.165, 1.54) is 25.3 Å². The van der Waals surface area contributed by atoms with E-state index in [0.717, 1.165) is 5.52 Å². The summed E-state index contributed by atoms with van der Waals surface area (Å²) in [6, 6.07) is 19.6. The van der Waals surface area contributed by atoms with Crippen molar-refractivity contribution in [2.45, 2.75) is 12.7 Å². The minimum atomic E-state index is -3.05. The second-order valence-corrected chi connectivity index (χ2v) is 7.05. The van der Waals surface area contributed by atoms with Gasteiger partial charge in [-0.1, -0.05) is 48.5 Å². The Morgan fingerprint density at radius 2 is 1.64 bits per heavy atom. The summed E-state index contributed by atoms with van der Waals surface area (Å²) in [7, 11) is 1.26. The molecule has 3 aromatic carbocycles. The number of carbonyl (C=O) groups is 2. The molecule has 4 aromatic rings. The minimum absolute atomic E-state index is 0.0149. The highest BCUT2D eigenvalue weighted by molar-refractivity contribution is 6.11. The van der Waals surface area contributed by atoms with E-state index in [-0.39, 0.29) is 17.1 Å². The van der Waals surface area contributed by atoms with Crippen LogP contribution in [0.25, 0.3) is 10.9 Å². The number of hydrogen-bond acceptors (Lipinski definition) is 5. The largest absolute Gasteiger partial charge is 0.493 e. The molecule has 0 saturated heterocycles. The number of aromatic amines is 1. The number of benzene rings is 3. The first-order valence-corrected chi connectivity index (χ1v) is 9.97. The van der Waals surface area contributed by atoms with E-state index in [0.29, 0.717) is 16.5 Å². The van der Waals surface area contributed by atoms with Gasteiger partial charge in [0, 0.05) is 28.2 Å². The van der Waals surface area contributed by atoms with Gasteiger partial charge in [0.25, 0.3) is 0 Å². The van der Waals surface area contributed by atoms with Crippen molar-refractivity contribution >= 4 is 22.7 Å². The van der Waals surface area contributed by atoms with Gasteiger partial charge in [-0.25, -0.2) is 4.79 Å². The van der Waals surface area contributed by atoms with Gasteiger partial charge in [-0.15, -0.1) is 0 Å². The molecule has 0 aliphatic rings. The van der Waals surface area contributed by atoms with Crippen LogP contribution in [0, 0.1) is 0 Å². The summed E-state index contributed by atoms with van der Waals surface area (Å²) in [4.78, 5) is 29.4. The van der Waals surface area contributed by atoms with Gasteiger partial charge in [0.05, 0.1) is 12.7 Å². The molecule has 8 heteroatoms. The number of alkyl halides is 2. The number of ether oxygens (including phenoxy) is 3. The molecule has 0 amide bonds. The van der Waals surface area contributed by atoms with E-state index in [1.54, 1.807) is 42.6 Å². The highest BCUT2D eigenvalue weighted by Gasteiger charge is 2.29. The van der Waals surface area contributed by atoms with Crippen molar-refractivity contribution in [1.82, 2.24) is 4.98 Å². The van der Waals surface area contributed by atoms with Crippen molar-refractivity contribution in [3.63, 3.8) is 0 Å². The van der Waals surface area contributed by atoms with Crippen molar-refractivity contribution in [2.75, 3.05) is 7.11 Å². The third-order valence-electron chi connectivity index (χ3n) is 5.04. The molecule has 1 aromatic heterocycles. The lowest BCUT2D eigenvalue weighted by Gasteiger charge is -2.18. The first kappa shape index (κ1) is 22.0. The summed E-state index contributed by atoms with van der Waals surface area (Å²) >= 11 is 0. The van der Waals surface area contributed by atoms with Crippen LogP contribution >= 0.6 is 0 Å². The quantitative estimate of drug-likeness (QED) is 0.280. The van der Waals surface area contributed by atoms with Crippen molar-refractivity contribution in [3.05, 3.63) is 95.7 Å². The zero-order chi connectivity index (χ0) is 23.4. The third-order valence-corrected chi connectivity index (χ3v) is 5.04. The maximum atomic E-state index is 13.5. The van der Waals surface area contributed by atoms with E-state index in [4.69, 9.17) is 9.47 Å². The van der Waals surface area contributed by atoms with Gasteiger partial charge in [0.15, 0.2) is 17.6 Å². The molecule has 0 saturated carbocycles. The molecule has 6 nitrogen and oxygen atoms in total. The number of carbonyl (C=O) groups excluding carboxylic acids is 2. The summed E-state index contributed by atoms with van der Waals surface area (Å²) < 4.78 is 40.2. The van der Waals surface area contributed by atoms with Gasteiger partial charge in [0.2, 0.25) is 5.78 Å². The lowest BCUT2D eigenvalue weighted by molar-refractivity contribution is -0.0512. The average Bonchev–Trinajstić information content (AvgIpc) is 3.26. The topological polar surface area (TPSA) is 77.6 Å². The molecule has 4 rings (SSSR count). The zero-order valence-electron chi connectivity index (χ0n) is 17.5. The summed E-state index contributed by atoms with van der Waals surface area (Å²) in [6.45, 7) is -3.05. The minimum Gasteiger partial charge on any atom is -0.493 e. The molecule has 168 valence electrons. The normalized spacial score (nSPS) is 11.9. The number of ketones is 1. The standard InChI is InChI=1S/C25H19F2NO5/c1-31-21-13-16(11-12-20(21)32-25(26)27)24(30)33-23(15-7-3-2-4-8-15)22(29)18-14-28-19-10-6-5-9-17(18)19/h2-14,23,25,28H,1H3. The summed E-state index contributed by atoms with van der Waals surface area (Å²) in [5, 5.41) is 0.703. The lowest BCUT2D eigenvalue weighted by Crippen LogP contribution is -2.20. The molecule has 33 heavy (non-hydrogen) atoms. The Morgan fingerprint density at radius 3 is 2.36 bits per heavy atom. The Hall–Kier alpha value is -4.20. The highest BCUT2D eigenvalue weighted by Crippen LogP contribution is 2.32. The first-order chi connectivity index (χ1) is 16.0. The average molecular weight is 451 g/mol. The Bertz CT molecular complexity index is 1290. The van der Waals surface area contributed by atoms with Crippen LogP contribution in [-0.4, -0.2) is 30.5 Å². The van der Waals surface area contributed by atoms with Crippen molar-refractivity contribution in [3.8, 4) is 11.5 Å². The van der Waals surface area contributed by atoms with Crippen molar-refractivity contribution < 1.29 is 32.6 Å². The molecular weight excluding hydrogens is 432 g/mol. The number of H-pyrrole nitrogens is 1.